The fraction of sp³-hybridized carbons (Fsp3) is 0.500. The molecule has 0 bridgehead atoms. The van der Waals surface area contributed by atoms with Crippen LogP contribution < -0.4 is 0 Å². The van der Waals surface area contributed by atoms with Crippen LogP contribution in [-0.4, -0.2) is 10.3 Å². The second-order valence-corrected chi connectivity index (χ2v) is 1.40. The molecule has 0 rings (SSSR count). The van der Waals surface area contributed by atoms with Crippen molar-refractivity contribution < 1.29 is 4.79 Å². The highest BCUT2D eigenvalue weighted by Crippen LogP contribution is 1.81. The van der Waals surface area contributed by atoms with Gasteiger partial charge in [-0.1, -0.05) is 22.6 Å². The van der Waals surface area contributed by atoms with Crippen molar-refractivity contribution in [3.8, 4) is 0 Å². The molecule has 1 amide bonds. The standard InChI is InChI=1S/C2H3IN2O/c3-1-2(6)5-4/h4H,1H2. The Balaban J connectivity index is 3.23. The highest BCUT2D eigenvalue weighted by atomic mass is 127. The number of nitrogens with zero attached hydrogens (tertiary/aromatic N) is 1. The van der Waals surface area contributed by atoms with Crippen LogP contribution in [-0.2, 0) is 4.79 Å². The van der Waals surface area contributed by atoms with Crippen LogP contribution in [0.5, 0.6) is 0 Å². The number of nitrogens with one attached hydrogen (secondary N) is 1. The molecule has 3 nitrogen and oxygen atoms in total. The fourth-order valence-corrected chi connectivity index (χ4v) is 0.200. The van der Waals surface area contributed by atoms with Crippen LogP contribution in [0.1, 0.15) is 0 Å². The van der Waals surface area contributed by atoms with Gasteiger partial charge >= 0.3 is 0 Å². The Morgan fingerprint density at radius 2 is 2.50 bits per heavy atom. The van der Waals surface area contributed by atoms with Crippen molar-refractivity contribution in [1.82, 2.24) is 0 Å². The summed E-state index contributed by atoms with van der Waals surface area (Å²) in [7, 11) is 0. The average molecular weight is 198 g/mol. The van der Waals surface area contributed by atoms with Gasteiger partial charge in [0, 0.05) is 0 Å². The molecule has 0 unspecified atom stereocenters. The number of carbonyl (C=O) groups is 1. The van der Waals surface area contributed by atoms with E-state index in [9.17, 15) is 4.79 Å². The first-order chi connectivity index (χ1) is 2.81. The van der Waals surface area contributed by atoms with Crippen molar-refractivity contribution >= 4 is 28.5 Å². The topological polar surface area (TPSA) is 53.3 Å². The second kappa shape index (κ2) is 3.20. The minimum atomic E-state index is -0.379. The summed E-state index contributed by atoms with van der Waals surface area (Å²) < 4.78 is 0.307. The number of halogens is 1. The largest absolute Gasteiger partial charge is 0.273 e. The molecule has 0 saturated heterocycles. The molecular formula is C2H3IN2O. The summed E-state index contributed by atoms with van der Waals surface area (Å²) >= 11 is 1.85. The van der Waals surface area contributed by atoms with Crippen molar-refractivity contribution in [3.05, 3.63) is 0 Å². The molecule has 0 radical (unpaired) electrons. The van der Waals surface area contributed by atoms with Crippen LogP contribution in [0.4, 0.5) is 0 Å². The van der Waals surface area contributed by atoms with Crippen molar-refractivity contribution in [2.45, 2.75) is 0 Å². The lowest BCUT2D eigenvalue weighted by Gasteiger charge is -1.71. The summed E-state index contributed by atoms with van der Waals surface area (Å²) in [5.41, 5.74) is 6.08. The Labute approximate surface area is 48.8 Å². The van der Waals surface area contributed by atoms with E-state index in [4.69, 9.17) is 5.53 Å². The molecule has 0 aromatic carbocycles. The molecule has 0 spiro atoms. The monoisotopic (exact) mass is 198 g/mol. The molecule has 0 aliphatic carbocycles. The van der Waals surface area contributed by atoms with E-state index in [1.54, 1.807) is 0 Å². The molecule has 0 aliphatic heterocycles. The smallest absolute Gasteiger partial charge is 0.270 e. The summed E-state index contributed by atoms with van der Waals surface area (Å²) in [6.45, 7) is 0. The lowest BCUT2D eigenvalue weighted by atomic mass is 10.8. The third-order valence-corrected chi connectivity index (χ3v) is 0.892. The predicted molar refractivity (Wildman–Crippen MR) is 29.0 cm³/mol. The first-order valence-corrected chi connectivity index (χ1v) is 2.80. The predicted octanol–water partition coefficient (Wildman–Crippen LogP) is 0.979. The number of hydrogen-bond donors (Lipinski definition) is 1. The molecule has 0 heterocycles. The number of amides is 1. The van der Waals surface area contributed by atoms with E-state index in [-0.39, 0.29) is 5.91 Å². The Morgan fingerprint density at radius 3 is 2.50 bits per heavy atom. The van der Waals surface area contributed by atoms with Gasteiger partial charge in [-0.3, -0.25) is 4.79 Å². The molecular weight excluding hydrogens is 195 g/mol. The number of carbonyl (C=O) groups excluding carboxylic acids is 1. The van der Waals surface area contributed by atoms with Gasteiger partial charge in [-0.2, -0.15) is 0 Å². The van der Waals surface area contributed by atoms with E-state index in [1.165, 1.54) is 0 Å². The quantitative estimate of drug-likeness (QED) is 0.381. The van der Waals surface area contributed by atoms with Gasteiger partial charge in [0.15, 0.2) is 0 Å². The summed E-state index contributed by atoms with van der Waals surface area (Å²) in [4.78, 5) is 9.82. The summed E-state index contributed by atoms with van der Waals surface area (Å²) in [5.74, 6) is -0.379. The first kappa shape index (κ1) is 6.00. The van der Waals surface area contributed by atoms with Crippen LogP contribution in [0.15, 0.2) is 5.11 Å². The molecule has 4 heteroatoms. The Hall–Kier alpha value is 0. The molecule has 0 atom stereocenters. The van der Waals surface area contributed by atoms with Gasteiger partial charge in [-0.15, -0.1) is 5.11 Å². The summed E-state index contributed by atoms with van der Waals surface area (Å²) in [6.07, 6.45) is 0. The molecule has 0 aromatic heterocycles. The van der Waals surface area contributed by atoms with Gasteiger partial charge in [0.1, 0.15) is 0 Å². The molecule has 34 valence electrons. The van der Waals surface area contributed by atoms with Crippen LogP contribution in [0.2, 0.25) is 0 Å². The zero-order valence-electron chi connectivity index (χ0n) is 2.94. The Morgan fingerprint density at radius 1 is 2.00 bits per heavy atom. The van der Waals surface area contributed by atoms with E-state index >= 15 is 0 Å². The van der Waals surface area contributed by atoms with E-state index in [0.29, 0.717) is 4.43 Å². The van der Waals surface area contributed by atoms with Gasteiger partial charge in [0.25, 0.3) is 5.91 Å². The van der Waals surface area contributed by atoms with E-state index in [0.717, 1.165) is 0 Å². The fourth-order valence-electron chi connectivity index (χ4n) is 0.0299. The first-order valence-electron chi connectivity index (χ1n) is 1.27. The number of alkyl halides is 1. The van der Waals surface area contributed by atoms with Crippen molar-refractivity contribution in [1.29, 1.82) is 5.53 Å². The van der Waals surface area contributed by atoms with Crippen molar-refractivity contribution in [2.75, 3.05) is 4.43 Å². The van der Waals surface area contributed by atoms with E-state index in [1.807, 2.05) is 22.6 Å². The van der Waals surface area contributed by atoms with Crippen LogP contribution in [0.25, 0.3) is 0 Å². The maximum Gasteiger partial charge on any atom is 0.273 e. The second-order valence-electron chi connectivity index (χ2n) is 0.639. The van der Waals surface area contributed by atoms with Gasteiger partial charge in [0.05, 0.1) is 4.43 Å². The lowest BCUT2D eigenvalue weighted by Crippen LogP contribution is -1.88. The molecule has 0 aliphatic rings. The third kappa shape index (κ3) is 2.25. The minimum absolute atomic E-state index is 0.307. The molecule has 6 heavy (non-hydrogen) atoms. The molecule has 0 saturated carbocycles. The molecule has 0 fully saturated rings. The molecule has 0 aromatic rings. The number of hydrogen-bond acceptors (Lipinski definition) is 2. The zero-order valence-corrected chi connectivity index (χ0v) is 5.10. The van der Waals surface area contributed by atoms with Crippen LogP contribution in [0.3, 0.4) is 0 Å². The highest BCUT2D eigenvalue weighted by molar-refractivity contribution is 14.1. The summed E-state index contributed by atoms with van der Waals surface area (Å²) in [6, 6.07) is 0. The minimum Gasteiger partial charge on any atom is -0.270 e. The summed E-state index contributed by atoms with van der Waals surface area (Å²) in [5, 5.41) is 2.61. The van der Waals surface area contributed by atoms with Gasteiger partial charge in [0.2, 0.25) is 0 Å². The Kier molecular flexibility index (Phi) is 3.20. The van der Waals surface area contributed by atoms with Crippen molar-refractivity contribution in [2.24, 2.45) is 5.11 Å². The average Bonchev–Trinajstić information content (AvgIpc) is 1.65. The highest BCUT2D eigenvalue weighted by Gasteiger charge is 1.87. The molecule has 1 N–H and O–H groups in total. The van der Waals surface area contributed by atoms with E-state index in [2.05, 4.69) is 5.11 Å². The maximum atomic E-state index is 9.82. The maximum absolute atomic E-state index is 9.82. The third-order valence-electron chi connectivity index (χ3n) is 0.239. The SMILES string of the molecule is N=NC(=O)CI. The van der Waals surface area contributed by atoms with E-state index < -0.39 is 0 Å². The lowest BCUT2D eigenvalue weighted by molar-refractivity contribution is -0.115. The van der Waals surface area contributed by atoms with Gasteiger partial charge in [-0.25, -0.2) is 5.53 Å². The Bertz CT molecular complexity index is 71.9. The van der Waals surface area contributed by atoms with Gasteiger partial charge in [-0.05, 0) is 0 Å². The zero-order chi connectivity index (χ0) is 4.99. The number of rotatable bonds is 1. The van der Waals surface area contributed by atoms with Crippen molar-refractivity contribution in [3.63, 3.8) is 0 Å². The van der Waals surface area contributed by atoms with Crippen LogP contribution >= 0.6 is 22.6 Å². The normalized spacial score (nSPS) is 7.50. The van der Waals surface area contributed by atoms with Crippen LogP contribution in [0, 0.1) is 5.53 Å². The van der Waals surface area contributed by atoms with Gasteiger partial charge < -0.3 is 0 Å².